The number of hydrogen-bond donors (Lipinski definition) is 0. The zero-order chi connectivity index (χ0) is 18.7. The molecule has 144 valence electrons. The van der Waals surface area contributed by atoms with Crippen LogP contribution < -0.4 is 0 Å². The quantitative estimate of drug-likeness (QED) is 0.489. The molecule has 2 atom stereocenters. The Morgan fingerprint density at radius 3 is 2.58 bits per heavy atom. The molecule has 5 nitrogen and oxygen atoms in total. The van der Waals surface area contributed by atoms with E-state index in [-0.39, 0.29) is 11.9 Å². The molecular formula is C18H24BrNO4S2. The van der Waals surface area contributed by atoms with Crippen LogP contribution in [0.25, 0.3) is 0 Å². The summed E-state index contributed by atoms with van der Waals surface area (Å²) in [5.41, 5.74) is 0. The van der Waals surface area contributed by atoms with Gasteiger partial charge in [-0.25, -0.2) is 8.42 Å². The fourth-order valence-corrected chi connectivity index (χ4v) is 7.08. The molecule has 0 spiro atoms. The molecule has 3 rings (SSSR count). The van der Waals surface area contributed by atoms with E-state index < -0.39 is 10.0 Å². The van der Waals surface area contributed by atoms with Gasteiger partial charge in [-0.2, -0.15) is 4.31 Å². The number of halogens is 1. The van der Waals surface area contributed by atoms with Crippen LogP contribution in [0, 0.1) is 17.8 Å². The van der Waals surface area contributed by atoms with Gasteiger partial charge in [-0.3, -0.25) is 4.79 Å². The molecule has 2 heterocycles. The van der Waals surface area contributed by atoms with Crippen molar-refractivity contribution in [3.05, 3.63) is 28.1 Å². The lowest BCUT2D eigenvalue weighted by Crippen LogP contribution is -2.40. The molecular weight excluding hydrogens is 438 g/mol. The van der Waals surface area contributed by atoms with Gasteiger partial charge in [-0.1, -0.05) is 19.1 Å². The average Bonchev–Trinajstić information content (AvgIpc) is 3.08. The minimum atomic E-state index is -3.46. The van der Waals surface area contributed by atoms with Crippen molar-refractivity contribution in [2.75, 3.05) is 19.7 Å². The maximum atomic E-state index is 12.6. The summed E-state index contributed by atoms with van der Waals surface area (Å²) >= 11 is 4.51. The fourth-order valence-electron chi connectivity index (χ4n) is 3.44. The fraction of sp³-hybridized carbons (Fsp3) is 0.611. The molecule has 1 aromatic rings. The van der Waals surface area contributed by atoms with E-state index in [0.29, 0.717) is 48.6 Å². The van der Waals surface area contributed by atoms with Gasteiger partial charge in [-0.05, 0) is 65.6 Å². The van der Waals surface area contributed by atoms with Crippen LogP contribution >= 0.6 is 27.3 Å². The van der Waals surface area contributed by atoms with Crippen LogP contribution in [0.5, 0.6) is 0 Å². The standard InChI is InChI=1S/C18H24BrNO4S2/c1-13-4-2-3-5-15(13)12-24-18(21)14-8-10-20(11-9-14)26(22,23)17-7-6-16(19)25-17/h2-3,6-7,13-15H,4-5,8-12H2,1H3. The first-order chi connectivity index (χ1) is 12.4. The number of piperidine rings is 1. The molecule has 1 aliphatic heterocycles. The van der Waals surface area contributed by atoms with Gasteiger partial charge < -0.3 is 4.74 Å². The first kappa shape index (κ1) is 20.0. The smallest absolute Gasteiger partial charge is 0.309 e. The van der Waals surface area contributed by atoms with Gasteiger partial charge in [0.15, 0.2) is 0 Å². The normalized spacial score (nSPS) is 25.3. The van der Waals surface area contributed by atoms with Crippen molar-refractivity contribution in [2.45, 2.75) is 36.8 Å². The van der Waals surface area contributed by atoms with Crippen LogP contribution in [0.1, 0.15) is 32.6 Å². The third-order valence-corrected chi connectivity index (χ3v) is 9.28. The van der Waals surface area contributed by atoms with Crippen LogP contribution in [0.4, 0.5) is 0 Å². The predicted octanol–water partition coefficient (Wildman–Crippen LogP) is 4.06. The van der Waals surface area contributed by atoms with Gasteiger partial charge in [0.2, 0.25) is 0 Å². The Morgan fingerprint density at radius 1 is 1.27 bits per heavy atom. The summed E-state index contributed by atoms with van der Waals surface area (Å²) in [6.07, 6.45) is 7.38. The van der Waals surface area contributed by atoms with E-state index in [1.54, 1.807) is 12.1 Å². The van der Waals surface area contributed by atoms with Crippen molar-refractivity contribution in [3.63, 3.8) is 0 Å². The van der Waals surface area contributed by atoms with Crippen LogP contribution in [0.2, 0.25) is 0 Å². The van der Waals surface area contributed by atoms with Crippen LogP contribution in [0.15, 0.2) is 32.3 Å². The second-order valence-electron chi connectivity index (χ2n) is 7.05. The highest BCUT2D eigenvalue weighted by Crippen LogP contribution is 2.31. The van der Waals surface area contributed by atoms with Gasteiger partial charge in [0.05, 0.1) is 16.3 Å². The first-order valence-corrected chi connectivity index (χ1v) is 12.0. The lowest BCUT2D eigenvalue weighted by Gasteiger charge is -2.30. The molecule has 0 radical (unpaired) electrons. The van der Waals surface area contributed by atoms with Crippen molar-refractivity contribution < 1.29 is 17.9 Å². The molecule has 8 heteroatoms. The monoisotopic (exact) mass is 461 g/mol. The molecule has 1 aliphatic carbocycles. The molecule has 0 amide bonds. The Labute approximate surface area is 167 Å². The van der Waals surface area contributed by atoms with E-state index in [9.17, 15) is 13.2 Å². The molecule has 1 aromatic heterocycles. The number of thiophene rings is 1. The SMILES string of the molecule is CC1CC=CCC1COC(=O)C1CCN(S(=O)(=O)c2ccc(Br)s2)CC1. The minimum Gasteiger partial charge on any atom is -0.465 e. The van der Waals surface area contributed by atoms with Gasteiger partial charge in [0, 0.05) is 13.1 Å². The topological polar surface area (TPSA) is 63.7 Å². The number of esters is 1. The highest BCUT2D eigenvalue weighted by atomic mass is 79.9. The summed E-state index contributed by atoms with van der Waals surface area (Å²) in [4.78, 5) is 12.4. The third kappa shape index (κ3) is 4.58. The third-order valence-electron chi connectivity index (χ3n) is 5.29. The van der Waals surface area contributed by atoms with Gasteiger partial charge in [-0.15, -0.1) is 11.3 Å². The number of rotatable bonds is 5. The molecule has 26 heavy (non-hydrogen) atoms. The Hall–Kier alpha value is -0.700. The number of ether oxygens (including phenoxy) is 1. The molecule has 2 aliphatic rings. The highest BCUT2D eigenvalue weighted by molar-refractivity contribution is 9.11. The molecule has 2 unspecified atom stereocenters. The van der Waals surface area contributed by atoms with E-state index in [1.807, 2.05) is 0 Å². The largest absolute Gasteiger partial charge is 0.465 e. The Balaban J connectivity index is 1.50. The Bertz CT molecular complexity index is 766. The van der Waals surface area contributed by atoms with Gasteiger partial charge in [0.1, 0.15) is 4.21 Å². The second kappa shape index (κ2) is 8.54. The van der Waals surface area contributed by atoms with E-state index in [2.05, 4.69) is 35.0 Å². The van der Waals surface area contributed by atoms with Gasteiger partial charge in [0.25, 0.3) is 10.0 Å². The zero-order valence-electron chi connectivity index (χ0n) is 14.8. The summed E-state index contributed by atoms with van der Waals surface area (Å²) in [6, 6.07) is 3.35. The molecule has 0 N–H and O–H groups in total. The maximum absolute atomic E-state index is 12.6. The average molecular weight is 462 g/mol. The molecule has 0 aromatic carbocycles. The van der Waals surface area contributed by atoms with E-state index >= 15 is 0 Å². The van der Waals surface area contributed by atoms with E-state index in [4.69, 9.17) is 4.74 Å². The van der Waals surface area contributed by atoms with E-state index in [1.165, 1.54) is 15.6 Å². The lowest BCUT2D eigenvalue weighted by molar-refractivity contribution is -0.151. The summed E-state index contributed by atoms with van der Waals surface area (Å²) in [5.74, 6) is 0.542. The predicted molar refractivity (Wildman–Crippen MR) is 105 cm³/mol. The van der Waals surface area contributed by atoms with Gasteiger partial charge >= 0.3 is 5.97 Å². The van der Waals surface area contributed by atoms with Crippen LogP contribution in [-0.4, -0.2) is 38.4 Å². The van der Waals surface area contributed by atoms with Crippen molar-refractivity contribution in [1.29, 1.82) is 0 Å². The molecule has 1 fully saturated rings. The summed E-state index contributed by atoms with van der Waals surface area (Å²) in [7, 11) is -3.46. The Kier molecular flexibility index (Phi) is 6.59. The molecule has 1 saturated heterocycles. The summed E-state index contributed by atoms with van der Waals surface area (Å²) in [6.45, 7) is 3.38. The number of nitrogens with zero attached hydrogens (tertiary/aromatic N) is 1. The number of sulfonamides is 1. The lowest BCUT2D eigenvalue weighted by atomic mass is 9.85. The molecule has 0 saturated carbocycles. The molecule has 0 bridgehead atoms. The minimum absolute atomic E-state index is 0.178. The number of allylic oxidation sites excluding steroid dienone is 2. The number of carbonyl (C=O) groups excluding carboxylic acids is 1. The number of hydrogen-bond acceptors (Lipinski definition) is 5. The van der Waals surface area contributed by atoms with E-state index in [0.717, 1.165) is 16.6 Å². The second-order valence-corrected chi connectivity index (χ2v) is 11.7. The van der Waals surface area contributed by atoms with Crippen molar-refractivity contribution in [2.24, 2.45) is 17.8 Å². The van der Waals surface area contributed by atoms with Crippen LogP contribution in [0.3, 0.4) is 0 Å². The van der Waals surface area contributed by atoms with Crippen molar-refractivity contribution in [1.82, 2.24) is 4.31 Å². The van der Waals surface area contributed by atoms with Crippen molar-refractivity contribution >= 4 is 43.3 Å². The highest BCUT2D eigenvalue weighted by Gasteiger charge is 2.34. The van der Waals surface area contributed by atoms with Crippen LogP contribution in [-0.2, 0) is 19.6 Å². The van der Waals surface area contributed by atoms with Crippen molar-refractivity contribution in [3.8, 4) is 0 Å². The maximum Gasteiger partial charge on any atom is 0.309 e. The summed E-state index contributed by atoms with van der Waals surface area (Å²) in [5, 5.41) is 0. The number of carbonyl (C=O) groups is 1. The zero-order valence-corrected chi connectivity index (χ0v) is 18.0. The Morgan fingerprint density at radius 2 is 1.96 bits per heavy atom. The summed E-state index contributed by atoms with van der Waals surface area (Å²) < 4.78 is 33.4. The first-order valence-electron chi connectivity index (χ1n) is 8.95.